The molecule has 0 amide bonds. The highest BCUT2D eigenvalue weighted by atomic mass is 32.2. The van der Waals surface area contributed by atoms with Gasteiger partial charge >= 0.3 is 0 Å². The largest absolute Gasteiger partial charge is 0.497 e. The SMILES string of the molecule is COc1cccc(C(NS(=O)(=O)c2cccs2)c2nccn2C)c1. The molecule has 3 rings (SSSR count). The number of nitrogens with one attached hydrogen (secondary N) is 1. The Bertz CT molecular complexity index is 918. The number of hydrogen-bond donors (Lipinski definition) is 1. The minimum atomic E-state index is -3.65. The number of benzene rings is 1. The van der Waals surface area contributed by atoms with Crippen LogP contribution in [-0.2, 0) is 17.1 Å². The molecule has 2 aromatic heterocycles. The number of ether oxygens (including phenoxy) is 1. The van der Waals surface area contributed by atoms with E-state index in [1.165, 1.54) is 11.3 Å². The van der Waals surface area contributed by atoms with Crippen molar-refractivity contribution in [3.8, 4) is 5.75 Å². The van der Waals surface area contributed by atoms with Crippen LogP contribution in [0.3, 0.4) is 0 Å². The Morgan fingerprint density at radius 3 is 2.75 bits per heavy atom. The Labute approximate surface area is 144 Å². The number of sulfonamides is 1. The van der Waals surface area contributed by atoms with E-state index in [0.29, 0.717) is 11.6 Å². The van der Waals surface area contributed by atoms with Crippen LogP contribution >= 0.6 is 11.3 Å². The number of nitrogens with zero attached hydrogens (tertiary/aromatic N) is 2. The van der Waals surface area contributed by atoms with E-state index < -0.39 is 16.1 Å². The first-order valence-corrected chi connectivity index (χ1v) is 9.54. The fourth-order valence-electron chi connectivity index (χ4n) is 2.38. The summed E-state index contributed by atoms with van der Waals surface area (Å²) < 4.78 is 35.4. The Morgan fingerprint density at radius 2 is 2.12 bits per heavy atom. The van der Waals surface area contributed by atoms with Crippen molar-refractivity contribution < 1.29 is 13.2 Å². The van der Waals surface area contributed by atoms with Crippen LogP contribution in [0.4, 0.5) is 0 Å². The van der Waals surface area contributed by atoms with Crippen LogP contribution in [0.2, 0.25) is 0 Å². The lowest BCUT2D eigenvalue weighted by Crippen LogP contribution is -2.30. The van der Waals surface area contributed by atoms with Gasteiger partial charge in [0, 0.05) is 19.4 Å². The van der Waals surface area contributed by atoms with Crippen LogP contribution in [0, 0.1) is 0 Å². The number of rotatable bonds is 6. The quantitative estimate of drug-likeness (QED) is 0.730. The molecule has 1 atom stereocenters. The van der Waals surface area contributed by atoms with Crippen LogP contribution in [0.15, 0.2) is 58.4 Å². The molecule has 0 fully saturated rings. The van der Waals surface area contributed by atoms with Crippen molar-refractivity contribution in [2.75, 3.05) is 7.11 Å². The summed E-state index contributed by atoms with van der Waals surface area (Å²) in [5.41, 5.74) is 0.754. The topological polar surface area (TPSA) is 73.2 Å². The van der Waals surface area contributed by atoms with Crippen LogP contribution < -0.4 is 9.46 Å². The standard InChI is InChI=1S/C16H17N3O3S2/c1-19-9-8-17-16(19)15(12-5-3-6-13(11-12)22-2)18-24(20,21)14-7-4-10-23-14/h3-11,15,18H,1-2H3. The van der Waals surface area contributed by atoms with Gasteiger partial charge in [-0.2, -0.15) is 4.72 Å². The Hall–Kier alpha value is -2.16. The third kappa shape index (κ3) is 3.35. The molecule has 3 aromatic rings. The zero-order valence-electron chi connectivity index (χ0n) is 13.2. The zero-order chi connectivity index (χ0) is 17.2. The number of aromatic nitrogens is 2. The summed E-state index contributed by atoms with van der Waals surface area (Å²) in [6.07, 6.45) is 3.42. The summed E-state index contributed by atoms with van der Waals surface area (Å²) in [5, 5.41) is 1.73. The average Bonchev–Trinajstić information content (AvgIpc) is 3.25. The van der Waals surface area contributed by atoms with Gasteiger partial charge in [-0.05, 0) is 29.1 Å². The smallest absolute Gasteiger partial charge is 0.251 e. The Kier molecular flexibility index (Phi) is 4.70. The molecule has 1 N–H and O–H groups in total. The molecule has 0 saturated heterocycles. The fraction of sp³-hybridized carbons (Fsp3) is 0.188. The maximum absolute atomic E-state index is 12.7. The maximum Gasteiger partial charge on any atom is 0.251 e. The van der Waals surface area contributed by atoms with E-state index in [0.717, 1.165) is 5.56 Å². The first-order valence-electron chi connectivity index (χ1n) is 7.18. The average molecular weight is 363 g/mol. The first kappa shape index (κ1) is 16.7. The second-order valence-corrected chi connectivity index (χ2v) is 8.05. The number of methoxy groups -OCH3 is 1. The van der Waals surface area contributed by atoms with Gasteiger partial charge < -0.3 is 9.30 Å². The predicted molar refractivity (Wildman–Crippen MR) is 92.7 cm³/mol. The van der Waals surface area contributed by atoms with E-state index in [-0.39, 0.29) is 4.21 Å². The van der Waals surface area contributed by atoms with Gasteiger partial charge in [-0.1, -0.05) is 18.2 Å². The number of hydrogen-bond acceptors (Lipinski definition) is 5. The molecule has 0 bridgehead atoms. The molecule has 1 aromatic carbocycles. The van der Waals surface area contributed by atoms with Crippen molar-refractivity contribution in [3.05, 3.63) is 65.6 Å². The highest BCUT2D eigenvalue weighted by molar-refractivity contribution is 7.91. The molecule has 6 nitrogen and oxygen atoms in total. The lowest BCUT2D eigenvalue weighted by Gasteiger charge is -2.19. The fourth-order valence-corrected chi connectivity index (χ4v) is 4.57. The molecular formula is C16H17N3O3S2. The summed E-state index contributed by atoms with van der Waals surface area (Å²) in [7, 11) is -0.250. The minimum absolute atomic E-state index is 0.268. The van der Waals surface area contributed by atoms with Crippen molar-refractivity contribution >= 4 is 21.4 Å². The van der Waals surface area contributed by atoms with Gasteiger partial charge in [0.2, 0.25) is 0 Å². The van der Waals surface area contributed by atoms with E-state index >= 15 is 0 Å². The number of thiophene rings is 1. The van der Waals surface area contributed by atoms with Crippen molar-refractivity contribution in [1.82, 2.24) is 14.3 Å². The molecule has 8 heteroatoms. The first-order chi connectivity index (χ1) is 11.5. The Balaban J connectivity index is 2.05. The summed E-state index contributed by atoms with van der Waals surface area (Å²) in [6.45, 7) is 0. The van der Waals surface area contributed by atoms with Gasteiger partial charge in [-0.15, -0.1) is 11.3 Å². The number of aryl methyl sites for hydroxylation is 1. The molecule has 2 heterocycles. The summed E-state index contributed by atoms with van der Waals surface area (Å²) in [4.78, 5) is 4.31. The maximum atomic E-state index is 12.7. The third-order valence-corrected chi connectivity index (χ3v) is 6.40. The molecule has 0 aliphatic rings. The van der Waals surface area contributed by atoms with Gasteiger partial charge in [-0.3, -0.25) is 0 Å². The van der Waals surface area contributed by atoms with Gasteiger partial charge in [0.25, 0.3) is 10.0 Å². The second kappa shape index (κ2) is 6.76. The predicted octanol–water partition coefficient (Wildman–Crippen LogP) is 2.56. The summed E-state index contributed by atoms with van der Waals surface area (Å²) >= 11 is 1.17. The van der Waals surface area contributed by atoms with Gasteiger partial charge in [0.15, 0.2) is 0 Å². The monoisotopic (exact) mass is 363 g/mol. The Morgan fingerprint density at radius 1 is 1.29 bits per heavy atom. The van der Waals surface area contributed by atoms with Crippen molar-refractivity contribution in [3.63, 3.8) is 0 Å². The van der Waals surface area contributed by atoms with Gasteiger partial charge in [0.1, 0.15) is 21.8 Å². The third-order valence-electron chi connectivity index (χ3n) is 3.58. The minimum Gasteiger partial charge on any atom is -0.497 e. The molecule has 1 unspecified atom stereocenters. The van der Waals surface area contributed by atoms with Crippen LogP contribution in [0.5, 0.6) is 5.75 Å². The van der Waals surface area contributed by atoms with E-state index in [1.54, 1.807) is 47.6 Å². The molecule has 0 aliphatic carbocycles. The second-order valence-electron chi connectivity index (χ2n) is 5.16. The van der Waals surface area contributed by atoms with Crippen LogP contribution in [0.25, 0.3) is 0 Å². The van der Waals surface area contributed by atoms with Crippen molar-refractivity contribution in [2.24, 2.45) is 7.05 Å². The van der Waals surface area contributed by atoms with E-state index in [9.17, 15) is 8.42 Å². The van der Waals surface area contributed by atoms with E-state index in [4.69, 9.17) is 4.74 Å². The lowest BCUT2D eigenvalue weighted by atomic mass is 10.1. The molecule has 0 saturated carbocycles. The molecule has 0 radical (unpaired) electrons. The van der Waals surface area contributed by atoms with Gasteiger partial charge in [-0.25, -0.2) is 13.4 Å². The highest BCUT2D eigenvalue weighted by Crippen LogP contribution is 2.27. The highest BCUT2D eigenvalue weighted by Gasteiger charge is 2.26. The van der Waals surface area contributed by atoms with Crippen molar-refractivity contribution in [2.45, 2.75) is 10.3 Å². The molecule has 0 aliphatic heterocycles. The summed E-state index contributed by atoms with van der Waals surface area (Å²) in [5.74, 6) is 1.26. The van der Waals surface area contributed by atoms with E-state index in [1.807, 2.05) is 25.2 Å². The lowest BCUT2D eigenvalue weighted by molar-refractivity contribution is 0.413. The normalized spacial score (nSPS) is 12.9. The molecule has 24 heavy (non-hydrogen) atoms. The van der Waals surface area contributed by atoms with Gasteiger partial charge in [0.05, 0.1) is 7.11 Å². The van der Waals surface area contributed by atoms with Crippen LogP contribution in [0.1, 0.15) is 17.4 Å². The molecular weight excluding hydrogens is 346 g/mol. The summed E-state index contributed by atoms with van der Waals surface area (Å²) in [6, 6.07) is 9.95. The van der Waals surface area contributed by atoms with Crippen molar-refractivity contribution in [1.29, 1.82) is 0 Å². The van der Waals surface area contributed by atoms with Crippen LogP contribution in [-0.4, -0.2) is 25.1 Å². The number of imidazole rings is 1. The van der Waals surface area contributed by atoms with E-state index in [2.05, 4.69) is 9.71 Å². The molecule has 126 valence electrons. The molecule has 0 spiro atoms. The zero-order valence-corrected chi connectivity index (χ0v) is 14.8.